The van der Waals surface area contributed by atoms with Gasteiger partial charge in [0.2, 0.25) is 5.91 Å². The second-order valence-corrected chi connectivity index (χ2v) is 7.30. The fourth-order valence-electron chi connectivity index (χ4n) is 2.78. The monoisotopic (exact) mass is 324 g/mol. The zero-order valence-electron chi connectivity index (χ0n) is 13.4. The Morgan fingerprint density at radius 3 is 2.64 bits per heavy atom. The smallest absolute Gasteiger partial charge is 0.235 e. The molecule has 22 heavy (non-hydrogen) atoms. The summed E-state index contributed by atoms with van der Waals surface area (Å²) < 4.78 is 12.9. The van der Waals surface area contributed by atoms with Gasteiger partial charge in [0.05, 0.1) is 5.25 Å². The van der Waals surface area contributed by atoms with Gasteiger partial charge in [0.1, 0.15) is 5.82 Å². The number of amides is 1. The zero-order chi connectivity index (χ0) is 15.9. The Hall–Kier alpha value is -1.07. The van der Waals surface area contributed by atoms with Crippen molar-refractivity contribution in [3.05, 3.63) is 35.6 Å². The molecule has 3 nitrogen and oxygen atoms in total. The summed E-state index contributed by atoms with van der Waals surface area (Å²) in [5.41, 5.74) is 1.12. The molecule has 1 aliphatic heterocycles. The van der Waals surface area contributed by atoms with Crippen LogP contribution in [0.1, 0.15) is 25.8 Å². The van der Waals surface area contributed by atoms with Crippen molar-refractivity contribution in [1.82, 2.24) is 9.80 Å². The molecule has 1 aromatic rings. The van der Waals surface area contributed by atoms with Crippen LogP contribution in [0, 0.1) is 5.82 Å². The predicted octanol–water partition coefficient (Wildman–Crippen LogP) is 3.00. The third-order valence-electron chi connectivity index (χ3n) is 3.98. The molecule has 1 saturated heterocycles. The number of nitrogens with zero attached hydrogens (tertiary/aromatic N) is 2. The van der Waals surface area contributed by atoms with Crippen LogP contribution >= 0.6 is 11.8 Å². The fraction of sp³-hybridized carbons (Fsp3) is 0.588. The summed E-state index contributed by atoms with van der Waals surface area (Å²) in [6.07, 6.45) is 0.996. The molecule has 122 valence electrons. The van der Waals surface area contributed by atoms with Crippen molar-refractivity contribution in [2.75, 3.05) is 31.9 Å². The molecular formula is C17H25FN2OS. The third-order valence-corrected chi connectivity index (χ3v) is 5.02. The molecule has 1 fully saturated rings. The number of benzene rings is 1. The van der Waals surface area contributed by atoms with E-state index in [9.17, 15) is 9.18 Å². The van der Waals surface area contributed by atoms with Crippen molar-refractivity contribution in [2.24, 2.45) is 0 Å². The van der Waals surface area contributed by atoms with E-state index < -0.39 is 0 Å². The number of carbonyl (C=O) groups is 1. The molecule has 0 radical (unpaired) electrons. The molecule has 1 heterocycles. The minimum Gasteiger partial charge on any atom is -0.340 e. The second-order valence-electron chi connectivity index (χ2n) is 5.68. The van der Waals surface area contributed by atoms with Gasteiger partial charge in [-0.05, 0) is 36.8 Å². The molecule has 0 unspecified atom stereocenters. The number of rotatable bonds is 5. The summed E-state index contributed by atoms with van der Waals surface area (Å²) in [4.78, 5) is 16.7. The SMILES string of the molecule is CCS[C@@H](C)C(=O)N1CCCN(Cc2ccc(F)cc2)CC1. The van der Waals surface area contributed by atoms with Crippen LogP contribution in [0.4, 0.5) is 4.39 Å². The van der Waals surface area contributed by atoms with E-state index in [1.54, 1.807) is 11.8 Å². The van der Waals surface area contributed by atoms with Gasteiger partial charge in [-0.25, -0.2) is 4.39 Å². The summed E-state index contributed by atoms with van der Waals surface area (Å²) in [6.45, 7) is 8.39. The van der Waals surface area contributed by atoms with Crippen molar-refractivity contribution >= 4 is 17.7 Å². The van der Waals surface area contributed by atoms with Crippen LogP contribution in [0.3, 0.4) is 0 Å². The fourth-order valence-corrected chi connectivity index (χ4v) is 3.57. The Morgan fingerprint density at radius 2 is 1.95 bits per heavy atom. The lowest BCUT2D eigenvalue weighted by Crippen LogP contribution is -2.39. The molecule has 0 N–H and O–H groups in total. The average molecular weight is 324 g/mol. The van der Waals surface area contributed by atoms with Gasteiger partial charge in [-0.15, -0.1) is 11.8 Å². The van der Waals surface area contributed by atoms with Gasteiger partial charge in [-0.2, -0.15) is 0 Å². The van der Waals surface area contributed by atoms with Crippen LogP contribution in [-0.4, -0.2) is 52.9 Å². The summed E-state index contributed by atoms with van der Waals surface area (Å²) >= 11 is 1.70. The second kappa shape index (κ2) is 8.53. The van der Waals surface area contributed by atoms with Gasteiger partial charge in [-0.1, -0.05) is 19.1 Å². The maximum Gasteiger partial charge on any atom is 0.235 e. The molecule has 0 aliphatic carbocycles. The molecule has 0 bridgehead atoms. The van der Waals surface area contributed by atoms with E-state index in [0.717, 1.165) is 50.5 Å². The highest BCUT2D eigenvalue weighted by Gasteiger charge is 2.23. The number of hydrogen-bond donors (Lipinski definition) is 0. The van der Waals surface area contributed by atoms with Crippen molar-refractivity contribution in [3.63, 3.8) is 0 Å². The normalized spacial score (nSPS) is 18.0. The van der Waals surface area contributed by atoms with E-state index in [1.165, 1.54) is 12.1 Å². The first kappa shape index (κ1) is 17.3. The number of carbonyl (C=O) groups excluding carboxylic acids is 1. The van der Waals surface area contributed by atoms with Crippen LogP contribution in [0.2, 0.25) is 0 Å². The molecule has 5 heteroatoms. The molecule has 1 aliphatic rings. The summed E-state index contributed by atoms with van der Waals surface area (Å²) in [7, 11) is 0. The van der Waals surface area contributed by atoms with Gasteiger partial charge >= 0.3 is 0 Å². The van der Waals surface area contributed by atoms with Crippen LogP contribution < -0.4 is 0 Å². The van der Waals surface area contributed by atoms with Gasteiger partial charge in [-0.3, -0.25) is 9.69 Å². The first-order valence-electron chi connectivity index (χ1n) is 7.97. The molecule has 0 saturated carbocycles. The topological polar surface area (TPSA) is 23.6 Å². The molecule has 0 aromatic heterocycles. The van der Waals surface area contributed by atoms with Crippen LogP contribution in [0.15, 0.2) is 24.3 Å². The Morgan fingerprint density at radius 1 is 1.23 bits per heavy atom. The first-order valence-corrected chi connectivity index (χ1v) is 9.02. The standard InChI is InChI=1S/C17H25FN2OS/c1-3-22-14(2)17(21)20-10-4-9-19(11-12-20)13-15-5-7-16(18)8-6-15/h5-8,14H,3-4,9-13H2,1-2H3/t14-/m0/s1. The van der Waals surface area contributed by atoms with E-state index in [1.807, 2.05) is 24.0 Å². The van der Waals surface area contributed by atoms with E-state index >= 15 is 0 Å². The van der Waals surface area contributed by atoms with Gasteiger partial charge in [0.15, 0.2) is 0 Å². The molecule has 1 atom stereocenters. The van der Waals surface area contributed by atoms with Gasteiger partial charge < -0.3 is 4.90 Å². The number of halogens is 1. The molecule has 2 rings (SSSR count). The maximum absolute atomic E-state index is 12.9. The van der Waals surface area contributed by atoms with E-state index in [0.29, 0.717) is 0 Å². The average Bonchev–Trinajstić information content (AvgIpc) is 2.75. The van der Waals surface area contributed by atoms with Gasteiger partial charge in [0, 0.05) is 32.7 Å². The molecule has 0 spiro atoms. The summed E-state index contributed by atoms with van der Waals surface area (Å²) in [5.74, 6) is 1.03. The summed E-state index contributed by atoms with van der Waals surface area (Å²) in [5, 5.41) is 0.0497. The van der Waals surface area contributed by atoms with Crippen LogP contribution in [0.5, 0.6) is 0 Å². The lowest BCUT2D eigenvalue weighted by Gasteiger charge is -2.24. The number of hydrogen-bond acceptors (Lipinski definition) is 3. The molecular weight excluding hydrogens is 299 g/mol. The minimum absolute atomic E-state index is 0.0497. The Balaban J connectivity index is 1.86. The molecule has 1 aromatic carbocycles. The largest absolute Gasteiger partial charge is 0.340 e. The lowest BCUT2D eigenvalue weighted by atomic mass is 10.2. The van der Waals surface area contributed by atoms with E-state index in [4.69, 9.17) is 0 Å². The predicted molar refractivity (Wildman–Crippen MR) is 90.5 cm³/mol. The highest BCUT2D eigenvalue weighted by Crippen LogP contribution is 2.15. The Bertz CT molecular complexity index is 480. The van der Waals surface area contributed by atoms with E-state index in [-0.39, 0.29) is 17.0 Å². The van der Waals surface area contributed by atoms with Gasteiger partial charge in [0.25, 0.3) is 0 Å². The van der Waals surface area contributed by atoms with Crippen molar-refractivity contribution < 1.29 is 9.18 Å². The molecule has 1 amide bonds. The van der Waals surface area contributed by atoms with Crippen molar-refractivity contribution in [2.45, 2.75) is 32.1 Å². The Kier molecular flexibility index (Phi) is 6.70. The minimum atomic E-state index is -0.196. The number of thioether (sulfide) groups is 1. The van der Waals surface area contributed by atoms with Crippen molar-refractivity contribution in [1.29, 1.82) is 0 Å². The van der Waals surface area contributed by atoms with Crippen LogP contribution in [-0.2, 0) is 11.3 Å². The Labute approximate surface area is 136 Å². The highest BCUT2D eigenvalue weighted by molar-refractivity contribution is 8.00. The zero-order valence-corrected chi connectivity index (χ0v) is 14.2. The lowest BCUT2D eigenvalue weighted by molar-refractivity contribution is -0.130. The third kappa shape index (κ3) is 4.99. The summed E-state index contributed by atoms with van der Waals surface area (Å²) in [6, 6.07) is 6.69. The first-order chi connectivity index (χ1) is 10.6. The van der Waals surface area contributed by atoms with E-state index in [2.05, 4.69) is 11.8 Å². The van der Waals surface area contributed by atoms with Crippen molar-refractivity contribution in [3.8, 4) is 0 Å². The van der Waals surface area contributed by atoms with Crippen LogP contribution in [0.25, 0.3) is 0 Å². The highest BCUT2D eigenvalue weighted by atomic mass is 32.2. The quantitative estimate of drug-likeness (QED) is 0.832. The maximum atomic E-state index is 12.9.